The second-order valence-electron chi connectivity index (χ2n) is 14.7. The first-order chi connectivity index (χ1) is 22.6. The van der Waals surface area contributed by atoms with Crippen molar-refractivity contribution in [2.24, 2.45) is 0 Å². The van der Waals surface area contributed by atoms with E-state index >= 15 is 0 Å². The average Bonchev–Trinajstić information content (AvgIpc) is 3.01. The summed E-state index contributed by atoms with van der Waals surface area (Å²) in [4.78, 5) is 22.3. The van der Waals surface area contributed by atoms with E-state index in [9.17, 15) is 14.3 Å². The molecule has 0 spiro atoms. The molecule has 0 aromatic heterocycles. The Balaban J connectivity index is 3.82. The summed E-state index contributed by atoms with van der Waals surface area (Å²) in [5.41, 5.74) is 0. The van der Waals surface area contributed by atoms with Gasteiger partial charge in [0.2, 0.25) is 0 Å². The lowest BCUT2D eigenvalue weighted by Gasteiger charge is -2.24. The molecule has 1 N–H and O–H groups in total. The van der Waals surface area contributed by atoms with E-state index in [0.717, 1.165) is 32.1 Å². The summed E-state index contributed by atoms with van der Waals surface area (Å²) < 4.78 is 34.5. The largest absolute Gasteiger partial charge is 0.472 e. The number of unbranched alkanes of at least 4 members (excludes halogenated alkanes) is 23. The maximum Gasteiger partial charge on any atom is 0.472 e. The number of phosphoric acid groups is 1. The van der Waals surface area contributed by atoms with E-state index in [0.29, 0.717) is 24.1 Å². The van der Waals surface area contributed by atoms with Crippen molar-refractivity contribution >= 4 is 13.8 Å². The molecule has 0 fully saturated rings. The predicted molar refractivity (Wildman–Crippen MR) is 197 cm³/mol. The summed E-state index contributed by atoms with van der Waals surface area (Å²) in [6, 6.07) is 0. The second kappa shape index (κ2) is 32.7. The van der Waals surface area contributed by atoms with Gasteiger partial charge in [0.15, 0.2) is 0 Å². The second-order valence-corrected chi connectivity index (χ2v) is 16.1. The molecule has 2 atom stereocenters. The first-order valence-electron chi connectivity index (χ1n) is 19.8. The molecule has 0 aliphatic carbocycles. The topological polar surface area (TPSA) is 91.3 Å². The molecule has 0 aromatic carbocycles. The SMILES string of the molecule is CCCCCCCCCCCCCCCCCCCCCCCCOCC(COP(=O)(O)OCC[N+](C)(C)C)OC(=O)CCCCC. The zero-order chi connectivity index (χ0) is 34.9. The molecule has 47 heavy (non-hydrogen) atoms. The minimum absolute atomic E-state index is 0.0920. The molecule has 0 aliphatic rings. The van der Waals surface area contributed by atoms with Crippen LogP contribution in [0.3, 0.4) is 0 Å². The quantitative estimate of drug-likeness (QED) is 0.0300. The molecule has 0 heterocycles. The van der Waals surface area contributed by atoms with Gasteiger partial charge in [-0.2, -0.15) is 0 Å². The highest BCUT2D eigenvalue weighted by molar-refractivity contribution is 7.47. The van der Waals surface area contributed by atoms with Gasteiger partial charge in [-0.3, -0.25) is 13.8 Å². The maximum absolute atomic E-state index is 12.3. The molecule has 282 valence electrons. The number of esters is 1. The van der Waals surface area contributed by atoms with Gasteiger partial charge in [-0.05, 0) is 12.8 Å². The smallest absolute Gasteiger partial charge is 0.457 e. The molecule has 9 heteroatoms. The van der Waals surface area contributed by atoms with Gasteiger partial charge in [-0.15, -0.1) is 0 Å². The molecule has 0 bridgehead atoms. The van der Waals surface area contributed by atoms with E-state index in [4.69, 9.17) is 18.5 Å². The number of carbonyl (C=O) groups excluding carboxylic acids is 1. The Hall–Kier alpha value is -0.500. The van der Waals surface area contributed by atoms with Crippen LogP contribution in [0.1, 0.15) is 181 Å². The summed E-state index contributed by atoms with van der Waals surface area (Å²) in [5.74, 6) is -0.335. The summed E-state index contributed by atoms with van der Waals surface area (Å²) in [6.07, 6.45) is 32.2. The molecule has 0 aliphatic heterocycles. The van der Waals surface area contributed by atoms with Crippen molar-refractivity contribution in [1.82, 2.24) is 0 Å². The monoisotopic (exact) mass is 693 g/mol. The van der Waals surface area contributed by atoms with Gasteiger partial charge in [-0.25, -0.2) is 4.57 Å². The van der Waals surface area contributed by atoms with Crippen molar-refractivity contribution in [3.05, 3.63) is 0 Å². The lowest BCUT2D eigenvalue weighted by atomic mass is 10.0. The van der Waals surface area contributed by atoms with Crippen molar-refractivity contribution in [3.8, 4) is 0 Å². The molecule has 0 aromatic rings. The van der Waals surface area contributed by atoms with Crippen molar-refractivity contribution in [2.75, 3.05) is 54.1 Å². The standard InChI is InChI=1S/C38H78NO7P/c1-6-8-10-11-12-13-14-15-16-17-18-19-20-21-22-23-24-25-26-27-28-30-33-43-35-37(46-38(40)31-29-9-7-2)36-45-47(41,42)44-34-32-39(3,4)5/h37H,6-36H2,1-5H3/p+1. The molecule has 0 radical (unpaired) electrons. The Morgan fingerprint density at radius 3 is 1.40 bits per heavy atom. The van der Waals surface area contributed by atoms with E-state index in [2.05, 4.69) is 13.8 Å². The third kappa shape index (κ3) is 36.6. The normalized spacial score (nSPS) is 13.9. The first kappa shape index (κ1) is 46.5. The van der Waals surface area contributed by atoms with E-state index in [1.54, 1.807) is 0 Å². The molecule has 0 saturated heterocycles. The Morgan fingerprint density at radius 1 is 0.574 bits per heavy atom. The highest BCUT2D eigenvalue weighted by Crippen LogP contribution is 2.43. The Labute approximate surface area is 291 Å². The number of carbonyl (C=O) groups is 1. The van der Waals surface area contributed by atoms with Crippen LogP contribution in [0.5, 0.6) is 0 Å². The third-order valence-electron chi connectivity index (χ3n) is 8.67. The van der Waals surface area contributed by atoms with Crippen LogP contribution in [-0.2, 0) is 27.9 Å². The number of phosphoric ester groups is 1. The van der Waals surface area contributed by atoms with Crippen LogP contribution in [0.25, 0.3) is 0 Å². The Morgan fingerprint density at radius 2 is 0.979 bits per heavy atom. The van der Waals surface area contributed by atoms with Crippen LogP contribution in [0, 0.1) is 0 Å². The number of rotatable bonds is 37. The van der Waals surface area contributed by atoms with Crippen LogP contribution in [0.4, 0.5) is 0 Å². The lowest BCUT2D eigenvalue weighted by molar-refractivity contribution is -0.870. The molecule has 0 rings (SSSR count). The lowest BCUT2D eigenvalue weighted by Crippen LogP contribution is -2.37. The van der Waals surface area contributed by atoms with Gasteiger partial charge < -0.3 is 18.9 Å². The van der Waals surface area contributed by atoms with E-state index in [-0.39, 0.29) is 25.8 Å². The summed E-state index contributed by atoms with van der Waals surface area (Å²) in [6.45, 7) is 5.49. The fourth-order valence-corrected chi connectivity index (χ4v) is 6.29. The van der Waals surface area contributed by atoms with Crippen molar-refractivity contribution in [2.45, 2.75) is 187 Å². The van der Waals surface area contributed by atoms with Crippen molar-refractivity contribution < 1.29 is 37.3 Å². The highest BCUT2D eigenvalue weighted by atomic mass is 31.2. The van der Waals surface area contributed by atoms with Gasteiger partial charge in [0, 0.05) is 13.0 Å². The highest BCUT2D eigenvalue weighted by Gasteiger charge is 2.26. The van der Waals surface area contributed by atoms with Crippen molar-refractivity contribution in [3.63, 3.8) is 0 Å². The number of hydrogen-bond acceptors (Lipinski definition) is 6. The fourth-order valence-electron chi connectivity index (χ4n) is 5.55. The number of nitrogens with zero attached hydrogens (tertiary/aromatic N) is 1. The Kier molecular flexibility index (Phi) is 32.3. The molecular formula is C38H79NO7P+. The molecular weight excluding hydrogens is 613 g/mol. The minimum atomic E-state index is -4.24. The number of likely N-dealkylation sites (N-methyl/N-ethyl adjacent to an activating group) is 1. The average molecular weight is 693 g/mol. The molecule has 8 nitrogen and oxygen atoms in total. The summed E-state index contributed by atoms with van der Waals surface area (Å²) in [7, 11) is 1.68. The van der Waals surface area contributed by atoms with Crippen LogP contribution in [-0.4, -0.2) is 75.6 Å². The summed E-state index contributed by atoms with van der Waals surface area (Å²) >= 11 is 0. The zero-order valence-corrected chi connectivity index (χ0v) is 32.7. The van der Waals surface area contributed by atoms with Crippen molar-refractivity contribution in [1.29, 1.82) is 0 Å². The van der Waals surface area contributed by atoms with E-state index in [1.807, 2.05) is 21.1 Å². The van der Waals surface area contributed by atoms with Gasteiger partial charge in [-0.1, -0.05) is 162 Å². The maximum atomic E-state index is 12.3. The van der Waals surface area contributed by atoms with Gasteiger partial charge in [0.25, 0.3) is 0 Å². The van der Waals surface area contributed by atoms with Crippen LogP contribution in [0.2, 0.25) is 0 Å². The minimum Gasteiger partial charge on any atom is -0.457 e. The van der Waals surface area contributed by atoms with Crippen LogP contribution < -0.4 is 0 Å². The van der Waals surface area contributed by atoms with Crippen LogP contribution in [0.15, 0.2) is 0 Å². The predicted octanol–water partition coefficient (Wildman–Crippen LogP) is 10.9. The van der Waals surface area contributed by atoms with Gasteiger partial charge in [0.1, 0.15) is 19.3 Å². The van der Waals surface area contributed by atoms with Gasteiger partial charge in [0.05, 0.1) is 34.4 Å². The summed E-state index contributed by atoms with van der Waals surface area (Å²) in [5, 5.41) is 0. The Bertz CT molecular complexity index is 731. The fraction of sp³-hybridized carbons (Fsp3) is 0.974. The zero-order valence-electron chi connectivity index (χ0n) is 31.8. The molecule has 0 amide bonds. The molecule has 0 saturated carbocycles. The van der Waals surface area contributed by atoms with Gasteiger partial charge >= 0.3 is 13.8 Å². The third-order valence-corrected chi connectivity index (χ3v) is 9.65. The number of ether oxygens (including phenoxy) is 2. The number of hydrogen-bond donors (Lipinski definition) is 1. The first-order valence-corrected chi connectivity index (χ1v) is 21.3. The van der Waals surface area contributed by atoms with Crippen LogP contribution >= 0.6 is 7.82 Å². The number of quaternary nitrogens is 1. The van der Waals surface area contributed by atoms with E-state index < -0.39 is 13.9 Å². The van der Waals surface area contributed by atoms with E-state index in [1.165, 1.54) is 128 Å². The molecule has 2 unspecified atom stereocenters.